The molecule has 3 rings (SSSR count). The lowest BCUT2D eigenvalue weighted by atomic mass is 10.1. The van der Waals surface area contributed by atoms with Gasteiger partial charge in [-0.25, -0.2) is 4.39 Å². The van der Waals surface area contributed by atoms with Gasteiger partial charge in [-0.2, -0.15) is 0 Å². The molecule has 3 nitrogen and oxygen atoms in total. The minimum Gasteiger partial charge on any atom is -0.451 e. The lowest BCUT2D eigenvalue weighted by molar-refractivity contribution is 0.0712. The summed E-state index contributed by atoms with van der Waals surface area (Å²) in [4.78, 5) is 14.4. The van der Waals surface area contributed by atoms with Crippen LogP contribution in [-0.4, -0.2) is 17.9 Å². The second-order valence-corrected chi connectivity index (χ2v) is 5.70. The van der Waals surface area contributed by atoms with Crippen LogP contribution in [0.25, 0.3) is 11.0 Å². The first-order chi connectivity index (χ1) is 11.0. The highest BCUT2D eigenvalue weighted by Gasteiger charge is 2.24. The van der Waals surface area contributed by atoms with Crippen LogP contribution in [0, 0.1) is 12.7 Å². The normalized spacial score (nSPS) is 12.3. The first-order valence-corrected chi connectivity index (χ1v) is 7.50. The van der Waals surface area contributed by atoms with Crippen LogP contribution >= 0.6 is 0 Å². The Bertz CT molecular complexity index is 851. The van der Waals surface area contributed by atoms with Crippen molar-refractivity contribution in [1.82, 2.24) is 4.90 Å². The van der Waals surface area contributed by atoms with Gasteiger partial charge in [-0.1, -0.05) is 30.3 Å². The number of halogens is 1. The molecule has 1 aromatic heterocycles. The van der Waals surface area contributed by atoms with Crippen LogP contribution < -0.4 is 0 Å². The van der Waals surface area contributed by atoms with E-state index in [1.807, 2.05) is 38.1 Å². The molecule has 0 bridgehead atoms. The minimum atomic E-state index is -0.289. The highest BCUT2D eigenvalue weighted by molar-refractivity contribution is 5.98. The van der Waals surface area contributed by atoms with E-state index in [1.54, 1.807) is 24.1 Å². The molecule has 0 saturated heterocycles. The van der Waals surface area contributed by atoms with Crippen molar-refractivity contribution in [2.24, 2.45) is 0 Å². The summed E-state index contributed by atoms with van der Waals surface area (Å²) in [5, 5.41) is 0.943. The molecule has 0 N–H and O–H groups in total. The van der Waals surface area contributed by atoms with Gasteiger partial charge in [0.05, 0.1) is 6.04 Å². The van der Waals surface area contributed by atoms with E-state index >= 15 is 0 Å². The van der Waals surface area contributed by atoms with Crippen molar-refractivity contribution < 1.29 is 13.6 Å². The number of hydrogen-bond donors (Lipinski definition) is 0. The highest BCUT2D eigenvalue weighted by atomic mass is 19.1. The zero-order chi connectivity index (χ0) is 16.6. The number of furan rings is 1. The number of fused-ring (bicyclic) bond motifs is 1. The minimum absolute atomic E-state index is 0.185. The summed E-state index contributed by atoms with van der Waals surface area (Å²) < 4.78 is 18.8. The molecule has 0 saturated carbocycles. The Balaban J connectivity index is 1.91. The molecule has 0 radical (unpaired) electrons. The quantitative estimate of drug-likeness (QED) is 0.701. The standard InChI is InChI=1S/C19H18FNO2/c1-12-16-6-4-5-7-17(16)23-18(12)19(22)21(3)13(2)14-8-10-15(20)11-9-14/h4-11,13H,1-3H3. The van der Waals surface area contributed by atoms with Gasteiger partial charge in [-0.3, -0.25) is 4.79 Å². The molecule has 2 aromatic carbocycles. The summed E-state index contributed by atoms with van der Waals surface area (Å²) in [6.45, 7) is 3.79. The predicted molar refractivity (Wildman–Crippen MR) is 87.9 cm³/mol. The first-order valence-electron chi connectivity index (χ1n) is 7.50. The summed E-state index contributed by atoms with van der Waals surface area (Å²) >= 11 is 0. The van der Waals surface area contributed by atoms with Crippen molar-refractivity contribution in [3.8, 4) is 0 Å². The number of benzene rings is 2. The Hall–Kier alpha value is -2.62. The molecule has 1 atom stereocenters. The van der Waals surface area contributed by atoms with Gasteiger partial charge in [0.1, 0.15) is 11.4 Å². The largest absolute Gasteiger partial charge is 0.451 e. The van der Waals surface area contributed by atoms with Gasteiger partial charge < -0.3 is 9.32 Å². The maximum absolute atomic E-state index is 13.1. The molecule has 1 amide bonds. The first kappa shape index (κ1) is 15.3. The van der Waals surface area contributed by atoms with Crippen LogP contribution in [0.15, 0.2) is 52.9 Å². The van der Waals surface area contributed by atoms with Crippen molar-refractivity contribution in [1.29, 1.82) is 0 Å². The molecule has 118 valence electrons. The molecule has 0 fully saturated rings. The van der Waals surface area contributed by atoms with E-state index in [9.17, 15) is 9.18 Å². The second kappa shape index (κ2) is 5.88. The Kier molecular flexibility index (Phi) is 3.90. The highest BCUT2D eigenvalue weighted by Crippen LogP contribution is 2.28. The maximum Gasteiger partial charge on any atom is 0.290 e. The summed E-state index contributed by atoms with van der Waals surface area (Å²) in [6.07, 6.45) is 0. The Labute approximate surface area is 134 Å². The van der Waals surface area contributed by atoms with E-state index in [2.05, 4.69) is 0 Å². The van der Waals surface area contributed by atoms with Crippen LogP contribution in [0.5, 0.6) is 0 Å². The van der Waals surface area contributed by atoms with Gasteiger partial charge in [0.25, 0.3) is 5.91 Å². The number of para-hydroxylation sites is 1. The van der Waals surface area contributed by atoms with E-state index in [0.29, 0.717) is 11.3 Å². The summed E-state index contributed by atoms with van der Waals surface area (Å²) in [7, 11) is 1.73. The van der Waals surface area contributed by atoms with Crippen LogP contribution in [0.4, 0.5) is 4.39 Å². The number of carbonyl (C=O) groups is 1. The van der Waals surface area contributed by atoms with E-state index in [-0.39, 0.29) is 17.8 Å². The smallest absolute Gasteiger partial charge is 0.290 e. The average Bonchev–Trinajstić information content (AvgIpc) is 2.91. The molecule has 0 aliphatic heterocycles. The number of rotatable bonds is 3. The van der Waals surface area contributed by atoms with Crippen LogP contribution in [-0.2, 0) is 0 Å². The monoisotopic (exact) mass is 311 g/mol. The zero-order valence-corrected chi connectivity index (χ0v) is 13.3. The molecule has 1 heterocycles. The van der Waals surface area contributed by atoms with E-state index in [0.717, 1.165) is 16.5 Å². The Morgan fingerprint density at radius 1 is 1.13 bits per heavy atom. The fourth-order valence-corrected chi connectivity index (χ4v) is 2.68. The molecule has 0 aliphatic rings. The fourth-order valence-electron chi connectivity index (χ4n) is 2.68. The number of carbonyl (C=O) groups excluding carboxylic acids is 1. The summed E-state index contributed by atoms with van der Waals surface area (Å²) in [6, 6.07) is 13.6. The average molecular weight is 311 g/mol. The SMILES string of the molecule is Cc1c(C(=O)N(C)C(C)c2ccc(F)cc2)oc2ccccc12. The van der Waals surface area contributed by atoms with E-state index in [1.165, 1.54) is 12.1 Å². The van der Waals surface area contributed by atoms with Crippen molar-refractivity contribution in [3.63, 3.8) is 0 Å². The number of nitrogens with zero attached hydrogens (tertiary/aromatic N) is 1. The molecule has 23 heavy (non-hydrogen) atoms. The number of aryl methyl sites for hydroxylation is 1. The van der Waals surface area contributed by atoms with Gasteiger partial charge in [0.15, 0.2) is 5.76 Å². The molecule has 4 heteroatoms. The second-order valence-electron chi connectivity index (χ2n) is 5.70. The Morgan fingerprint density at radius 2 is 1.78 bits per heavy atom. The third kappa shape index (κ3) is 2.72. The van der Waals surface area contributed by atoms with Gasteiger partial charge in [0, 0.05) is 18.0 Å². The fraction of sp³-hybridized carbons (Fsp3) is 0.211. The van der Waals surface area contributed by atoms with Crippen LogP contribution in [0.3, 0.4) is 0 Å². The van der Waals surface area contributed by atoms with Gasteiger partial charge in [-0.05, 0) is 37.6 Å². The molecule has 3 aromatic rings. The van der Waals surface area contributed by atoms with Gasteiger partial charge in [0.2, 0.25) is 0 Å². The van der Waals surface area contributed by atoms with Crippen LogP contribution in [0.1, 0.15) is 34.6 Å². The summed E-state index contributed by atoms with van der Waals surface area (Å²) in [5.74, 6) is -0.124. The van der Waals surface area contributed by atoms with Crippen molar-refractivity contribution in [2.75, 3.05) is 7.05 Å². The number of hydrogen-bond acceptors (Lipinski definition) is 2. The predicted octanol–water partition coefficient (Wildman–Crippen LogP) is 4.71. The van der Waals surface area contributed by atoms with Crippen molar-refractivity contribution in [2.45, 2.75) is 19.9 Å². The van der Waals surface area contributed by atoms with Crippen molar-refractivity contribution in [3.05, 3.63) is 71.2 Å². The Morgan fingerprint density at radius 3 is 2.43 bits per heavy atom. The van der Waals surface area contributed by atoms with Crippen LogP contribution in [0.2, 0.25) is 0 Å². The molecule has 0 aliphatic carbocycles. The lowest BCUT2D eigenvalue weighted by Gasteiger charge is -2.24. The molecular formula is C19H18FNO2. The summed E-state index contributed by atoms with van der Waals surface area (Å²) in [5.41, 5.74) is 2.41. The van der Waals surface area contributed by atoms with Gasteiger partial charge >= 0.3 is 0 Å². The third-order valence-electron chi connectivity index (χ3n) is 4.29. The number of amides is 1. The van der Waals surface area contributed by atoms with Crippen molar-refractivity contribution >= 4 is 16.9 Å². The molecule has 1 unspecified atom stereocenters. The van der Waals surface area contributed by atoms with Gasteiger partial charge in [-0.15, -0.1) is 0 Å². The van der Waals surface area contributed by atoms with E-state index in [4.69, 9.17) is 4.42 Å². The third-order valence-corrected chi connectivity index (χ3v) is 4.29. The molecular weight excluding hydrogens is 293 g/mol. The molecule has 0 spiro atoms. The van der Waals surface area contributed by atoms with E-state index < -0.39 is 0 Å². The lowest BCUT2D eigenvalue weighted by Crippen LogP contribution is -2.29. The topological polar surface area (TPSA) is 33.5 Å². The maximum atomic E-state index is 13.1. The zero-order valence-electron chi connectivity index (χ0n) is 13.3.